The Hall–Kier alpha value is -4.38. The topological polar surface area (TPSA) is 131 Å². The summed E-state index contributed by atoms with van der Waals surface area (Å²) in [6, 6.07) is 15.2. The molecule has 0 spiro atoms. The average Bonchev–Trinajstić information content (AvgIpc) is 2.92. The highest BCUT2D eigenvalue weighted by molar-refractivity contribution is 6.06. The Morgan fingerprint density at radius 2 is 1.61 bits per heavy atom. The van der Waals surface area contributed by atoms with Gasteiger partial charge in [0, 0.05) is 17.3 Å². The highest BCUT2D eigenvalue weighted by Gasteiger charge is 2.31. The molecule has 0 aliphatic carbocycles. The zero-order valence-electron chi connectivity index (χ0n) is 22.6. The molecule has 0 fully saturated rings. The minimum absolute atomic E-state index is 0.0535. The lowest BCUT2D eigenvalue weighted by Gasteiger charge is -2.20. The molecule has 11 heteroatoms. The number of hydrogen-bond acceptors (Lipinski definition) is 6. The highest BCUT2D eigenvalue weighted by Crippen LogP contribution is 2.29. The molecule has 1 heterocycles. The van der Waals surface area contributed by atoms with Gasteiger partial charge in [-0.05, 0) is 60.4 Å². The minimum atomic E-state index is -4.55. The lowest BCUT2D eigenvalue weighted by molar-refractivity contribution is -0.137. The summed E-state index contributed by atoms with van der Waals surface area (Å²) in [7, 11) is 0. The number of Topliss-reactive ketones (excluding diaryl/α,β-unsaturated/α-hetero) is 2. The van der Waals surface area contributed by atoms with Gasteiger partial charge in [-0.2, -0.15) is 13.2 Å². The van der Waals surface area contributed by atoms with Gasteiger partial charge in [0.05, 0.1) is 30.1 Å². The molecule has 0 aliphatic rings. The summed E-state index contributed by atoms with van der Waals surface area (Å²) in [6.45, 7) is 3.61. The number of halogens is 3. The zero-order chi connectivity index (χ0) is 30.2. The van der Waals surface area contributed by atoms with Crippen LogP contribution in [0, 0.1) is 5.92 Å². The van der Waals surface area contributed by atoms with E-state index in [1.54, 1.807) is 44.3 Å². The van der Waals surface area contributed by atoms with Crippen LogP contribution in [0.1, 0.15) is 48.2 Å². The molecule has 0 saturated heterocycles. The van der Waals surface area contributed by atoms with E-state index in [0.717, 1.165) is 35.5 Å². The van der Waals surface area contributed by atoms with Crippen molar-refractivity contribution < 1.29 is 32.3 Å². The molecule has 2 aromatic carbocycles. The smallest absolute Gasteiger partial charge is 0.342 e. The first-order valence-corrected chi connectivity index (χ1v) is 12.9. The van der Waals surface area contributed by atoms with Crippen LogP contribution in [0.3, 0.4) is 0 Å². The summed E-state index contributed by atoms with van der Waals surface area (Å²) >= 11 is 0. The first kappa shape index (κ1) is 31.2. The number of alkyl halides is 3. The van der Waals surface area contributed by atoms with Crippen molar-refractivity contribution in [1.29, 1.82) is 0 Å². The molecular weight excluding hydrogens is 537 g/mol. The molecule has 2 atom stereocenters. The molecule has 2 amide bonds. The van der Waals surface area contributed by atoms with E-state index < -0.39 is 53.7 Å². The fourth-order valence-corrected chi connectivity index (χ4v) is 4.06. The van der Waals surface area contributed by atoms with Crippen LogP contribution >= 0.6 is 0 Å². The van der Waals surface area contributed by atoms with E-state index in [2.05, 4.69) is 15.6 Å². The van der Waals surface area contributed by atoms with Gasteiger partial charge in [0.15, 0.2) is 11.6 Å². The Balaban J connectivity index is 1.58. The third-order valence-corrected chi connectivity index (χ3v) is 6.14. The van der Waals surface area contributed by atoms with Crippen LogP contribution in [0.15, 0.2) is 72.9 Å². The van der Waals surface area contributed by atoms with Crippen molar-refractivity contribution >= 4 is 23.4 Å². The number of hydrogen-bond donors (Lipinski definition) is 3. The van der Waals surface area contributed by atoms with Crippen LogP contribution in [0.2, 0.25) is 0 Å². The second-order valence-corrected chi connectivity index (χ2v) is 9.98. The quantitative estimate of drug-likeness (QED) is 0.223. The highest BCUT2D eigenvalue weighted by atomic mass is 19.4. The summed E-state index contributed by atoms with van der Waals surface area (Å²) in [6.07, 6.45) is -4.87. The maximum Gasteiger partial charge on any atom is 0.416 e. The minimum Gasteiger partial charge on any atom is -0.342 e. The number of nitrogens with one attached hydrogen (secondary N) is 2. The summed E-state index contributed by atoms with van der Waals surface area (Å²) in [4.78, 5) is 55.1. The molecule has 0 saturated carbocycles. The first-order chi connectivity index (χ1) is 19.3. The van der Waals surface area contributed by atoms with Gasteiger partial charge in [-0.25, -0.2) is 0 Å². The summed E-state index contributed by atoms with van der Waals surface area (Å²) < 4.78 is 38.5. The van der Waals surface area contributed by atoms with Crippen LogP contribution in [-0.2, 0) is 27.0 Å². The van der Waals surface area contributed by atoms with Crippen molar-refractivity contribution in [2.75, 3.05) is 0 Å². The number of nitrogens with two attached hydrogens (primary N) is 1. The van der Waals surface area contributed by atoms with Gasteiger partial charge in [0.2, 0.25) is 5.91 Å². The van der Waals surface area contributed by atoms with E-state index in [4.69, 9.17) is 5.73 Å². The van der Waals surface area contributed by atoms with Gasteiger partial charge < -0.3 is 16.4 Å². The van der Waals surface area contributed by atoms with Crippen LogP contribution in [-0.4, -0.2) is 40.6 Å². The second kappa shape index (κ2) is 13.8. The van der Waals surface area contributed by atoms with Crippen LogP contribution in [0.5, 0.6) is 0 Å². The predicted molar refractivity (Wildman–Crippen MR) is 146 cm³/mol. The molecule has 3 aromatic rings. The van der Waals surface area contributed by atoms with Crippen LogP contribution in [0.25, 0.3) is 11.3 Å². The second-order valence-electron chi connectivity index (χ2n) is 9.98. The van der Waals surface area contributed by atoms with Gasteiger partial charge in [-0.1, -0.05) is 38.1 Å². The fraction of sp³-hybridized carbons (Fsp3) is 0.300. The lowest BCUT2D eigenvalue weighted by Crippen LogP contribution is -2.50. The van der Waals surface area contributed by atoms with Crippen molar-refractivity contribution in [1.82, 2.24) is 15.6 Å². The Bertz CT molecular complexity index is 1380. The number of benzene rings is 2. The number of amides is 2. The van der Waals surface area contributed by atoms with Crippen molar-refractivity contribution in [2.24, 2.45) is 11.7 Å². The van der Waals surface area contributed by atoms with E-state index in [1.165, 1.54) is 0 Å². The van der Waals surface area contributed by atoms with Crippen molar-refractivity contribution in [2.45, 2.75) is 51.5 Å². The van der Waals surface area contributed by atoms with E-state index in [9.17, 15) is 32.3 Å². The van der Waals surface area contributed by atoms with E-state index >= 15 is 0 Å². The van der Waals surface area contributed by atoms with Gasteiger partial charge >= 0.3 is 6.18 Å². The average molecular weight is 569 g/mol. The summed E-state index contributed by atoms with van der Waals surface area (Å²) in [5.41, 5.74) is 7.11. The maximum absolute atomic E-state index is 12.9. The third kappa shape index (κ3) is 9.35. The van der Waals surface area contributed by atoms with Gasteiger partial charge in [0.1, 0.15) is 6.17 Å². The molecule has 1 aromatic heterocycles. The summed E-state index contributed by atoms with van der Waals surface area (Å²) in [5, 5.41) is 4.90. The number of carbonyl (C=O) groups excluding carboxylic acids is 4. The number of rotatable bonds is 12. The SMILES string of the molecule is CC(C)C[C@H](NC(=O)c1ccc(C(F)(F)F)cc1)C(=O)CC(=O)C(N)NC(=O)Cc1cccc(-c2ccccn2)c1. The number of pyridine rings is 1. The Morgan fingerprint density at radius 1 is 0.902 bits per heavy atom. The standard InChI is InChI=1S/C30H31F3N4O4/c1-18(2)14-24(36-29(41)20-9-11-22(12-10-20)30(31,32)33)25(38)17-26(39)28(34)37-27(40)16-19-6-5-7-21(15-19)23-8-3-4-13-35-23/h3-13,15,18,24,28H,14,16-17,34H2,1-2H3,(H,36,41)(H,37,40)/t24-,28?/m0/s1. The number of nitrogens with zero attached hydrogens (tertiary/aromatic N) is 1. The molecule has 1 unspecified atom stereocenters. The molecule has 4 N–H and O–H groups in total. The van der Waals surface area contributed by atoms with Crippen LogP contribution < -0.4 is 16.4 Å². The van der Waals surface area contributed by atoms with Gasteiger partial charge in [-0.3, -0.25) is 24.2 Å². The van der Waals surface area contributed by atoms with E-state index in [0.29, 0.717) is 5.56 Å². The first-order valence-electron chi connectivity index (χ1n) is 12.9. The number of aromatic nitrogens is 1. The van der Waals surface area contributed by atoms with Crippen molar-refractivity contribution in [3.05, 3.63) is 89.6 Å². The molecule has 8 nitrogen and oxygen atoms in total. The zero-order valence-corrected chi connectivity index (χ0v) is 22.6. The molecule has 3 rings (SSSR count). The Morgan fingerprint density at radius 3 is 2.22 bits per heavy atom. The number of ketones is 2. The predicted octanol–water partition coefficient (Wildman–Crippen LogP) is 4.08. The normalized spacial score (nSPS) is 12.9. The van der Waals surface area contributed by atoms with Crippen LogP contribution in [0.4, 0.5) is 13.2 Å². The lowest BCUT2D eigenvalue weighted by atomic mass is 9.96. The molecule has 0 radical (unpaired) electrons. The maximum atomic E-state index is 12.9. The van der Waals surface area contributed by atoms with E-state index in [-0.39, 0.29) is 24.3 Å². The van der Waals surface area contributed by atoms with Gasteiger partial charge in [0.25, 0.3) is 5.91 Å². The monoisotopic (exact) mass is 568 g/mol. The molecule has 0 bridgehead atoms. The third-order valence-electron chi connectivity index (χ3n) is 6.14. The van der Waals surface area contributed by atoms with Crippen molar-refractivity contribution in [3.63, 3.8) is 0 Å². The van der Waals surface area contributed by atoms with Crippen molar-refractivity contribution in [3.8, 4) is 11.3 Å². The summed E-state index contributed by atoms with van der Waals surface area (Å²) in [5.74, 6) is -2.71. The Labute approximate surface area is 235 Å². The van der Waals surface area contributed by atoms with Gasteiger partial charge in [-0.15, -0.1) is 0 Å². The van der Waals surface area contributed by atoms with E-state index in [1.807, 2.05) is 18.2 Å². The largest absolute Gasteiger partial charge is 0.416 e. The number of carbonyl (C=O) groups is 4. The molecular formula is C30H31F3N4O4. The molecule has 0 aliphatic heterocycles. The molecule has 41 heavy (non-hydrogen) atoms. The fourth-order valence-electron chi connectivity index (χ4n) is 4.06. The Kier molecular flexibility index (Phi) is 10.5. The molecule has 216 valence electrons.